The van der Waals surface area contributed by atoms with E-state index in [-0.39, 0.29) is 11.5 Å². The van der Waals surface area contributed by atoms with Crippen LogP contribution in [-0.2, 0) is 12.4 Å². The van der Waals surface area contributed by atoms with Crippen molar-refractivity contribution < 1.29 is 26.3 Å². The largest absolute Gasteiger partial charge is 0.453 e. The van der Waals surface area contributed by atoms with Crippen LogP contribution in [0.25, 0.3) is 5.65 Å². The number of hydrogen-bond acceptors (Lipinski definition) is 4. The van der Waals surface area contributed by atoms with Gasteiger partial charge in [-0.05, 0) is 36.2 Å². The number of benzene rings is 1. The standard InChI is InChI=1S/C16H13F6N5/c1-2-11(9-4-3-5-10(8-9)15(17,18)19)23-12-6-7-13-24-25-14(16(20,21)22)27(13)26-12/h3-8,11H,2H2,1H3,(H,23,26). The minimum atomic E-state index is -4.74. The van der Waals surface area contributed by atoms with E-state index < -0.39 is 29.8 Å². The number of hydrogen-bond donors (Lipinski definition) is 1. The minimum Gasteiger partial charge on any atom is -0.362 e. The van der Waals surface area contributed by atoms with Crippen LogP contribution in [0.4, 0.5) is 32.2 Å². The van der Waals surface area contributed by atoms with Crippen LogP contribution in [-0.4, -0.2) is 19.8 Å². The maximum absolute atomic E-state index is 12.9. The molecule has 3 rings (SSSR count). The van der Waals surface area contributed by atoms with E-state index in [9.17, 15) is 26.3 Å². The van der Waals surface area contributed by atoms with Gasteiger partial charge in [-0.1, -0.05) is 19.1 Å². The van der Waals surface area contributed by atoms with Crippen LogP contribution in [0.5, 0.6) is 0 Å². The summed E-state index contributed by atoms with van der Waals surface area (Å²) in [6.07, 6.45) is -8.85. The highest BCUT2D eigenvalue weighted by atomic mass is 19.4. The third-order valence-electron chi connectivity index (χ3n) is 3.86. The lowest BCUT2D eigenvalue weighted by atomic mass is 10.0. The molecule has 0 radical (unpaired) electrons. The van der Waals surface area contributed by atoms with Crippen LogP contribution in [0, 0.1) is 0 Å². The van der Waals surface area contributed by atoms with Crippen molar-refractivity contribution in [2.24, 2.45) is 0 Å². The SMILES string of the molecule is CCC(Nc1ccc2nnc(C(F)(F)F)n2n1)c1cccc(C(F)(F)F)c1. The normalized spacial score (nSPS) is 13.7. The first kappa shape index (κ1) is 18.9. The van der Waals surface area contributed by atoms with Crippen molar-refractivity contribution in [3.63, 3.8) is 0 Å². The van der Waals surface area contributed by atoms with Crippen molar-refractivity contribution in [2.75, 3.05) is 5.32 Å². The van der Waals surface area contributed by atoms with Gasteiger partial charge in [0.1, 0.15) is 5.82 Å². The topological polar surface area (TPSA) is 55.1 Å². The number of nitrogens with zero attached hydrogens (tertiary/aromatic N) is 4. The molecule has 3 aromatic rings. The van der Waals surface area contributed by atoms with Crippen molar-refractivity contribution in [1.82, 2.24) is 19.8 Å². The quantitative estimate of drug-likeness (QED) is 0.656. The maximum Gasteiger partial charge on any atom is 0.453 e. The molecule has 0 aliphatic rings. The molecule has 2 heterocycles. The lowest BCUT2D eigenvalue weighted by molar-refractivity contribution is -0.146. The molecule has 0 bridgehead atoms. The summed E-state index contributed by atoms with van der Waals surface area (Å²) in [4.78, 5) is 0. The first-order valence-corrected chi connectivity index (χ1v) is 7.83. The number of halogens is 6. The Hall–Kier alpha value is -2.85. The van der Waals surface area contributed by atoms with Crippen molar-refractivity contribution >= 4 is 11.5 Å². The number of rotatable bonds is 4. The van der Waals surface area contributed by atoms with Gasteiger partial charge in [0.15, 0.2) is 5.65 Å². The van der Waals surface area contributed by atoms with E-state index >= 15 is 0 Å². The Morgan fingerprint density at radius 1 is 1.00 bits per heavy atom. The predicted molar refractivity (Wildman–Crippen MR) is 83.9 cm³/mol. The Morgan fingerprint density at radius 3 is 2.37 bits per heavy atom. The van der Waals surface area contributed by atoms with Gasteiger partial charge in [0.05, 0.1) is 11.6 Å². The van der Waals surface area contributed by atoms with Gasteiger partial charge < -0.3 is 5.32 Å². The summed E-state index contributed by atoms with van der Waals surface area (Å²) >= 11 is 0. The maximum atomic E-state index is 12.9. The summed E-state index contributed by atoms with van der Waals surface area (Å²) in [5.41, 5.74) is -0.559. The van der Waals surface area contributed by atoms with Gasteiger partial charge in [-0.15, -0.1) is 15.3 Å². The van der Waals surface area contributed by atoms with Gasteiger partial charge in [0, 0.05) is 0 Å². The second-order valence-electron chi connectivity index (χ2n) is 5.74. The van der Waals surface area contributed by atoms with E-state index in [2.05, 4.69) is 20.6 Å². The molecule has 0 saturated carbocycles. The van der Waals surface area contributed by atoms with Crippen LogP contribution < -0.4 is 5.32 Å². The first-order valence-electron chi connectivity index (χ1n) is 7.83. The summed E-state index contributed by atoms with van der Waals surface area (Å²) < 4.78 is 78.1. The zero-order valence-electron chi connectivity index (χ0n) is 13.8. The van der Waals surface area contributed by atoms with Crippen LogP contribution in [0.1, 0.15) is 36.3 Å². The van der Waals surface area contributed by atoms with Crippen LogP contribution in [0.3, 0.4) is 0 Å². The Labute approximate surface area is 149 Å². The highest BCUT2D eigenvalue weighted by molar-refractivity contribution is 5.46. The molecule has 1 N–H and O–H groups in total. The van der Waals surface area contributed by atoms with Gasteiger partial charge in [-0.25, -0.2) is 0 Å². The summed E-state index contributed by atoms with van der Waals surface area (Å²) in [5, 5.41) is 13.2. The number of alkyl halides is 6. The number of fused-ring (bicyclic) bond motifs is 1. The first-order chi connectivity index (χ1) is 12.6. The minimum absolute atomic E-state index is 0.0528. The highest BCUT2D eigenvalue weighted by Crippen LogP contribution is 2.32. The average Bonchev–Trinajstić information content (AvgIpc) is 3.02. The molecular weight excluding hydrogens is 376 g/mol. The summed E-state index contributed by atoms with van der Waals surface area (Å²) in [5.74, 6) is -1.23. The molecule has 0 fully saturated rings. The zero-order chi connectivity index (χ0) is 19.8. The third-order valence-corrected chi connectivity index (χ3v) is 3.86. The fourth-order valence-electron chi connectivity index (χ4n) is 2.57. The van der Waals surface area contributed by atoms with Crippen molar-refractivity contribution in [2.45, 2.75) is 31.7 Å². The van der Waals surface area contributed by atoms with Gasteiger partial charge in [-0.3, -0.25) is 0 Å². The molecule has 11 heteroatoms. The third kappa shape index (κ3) is 3.96. The molecule has 0 saturated heterocycles. The molecular formula is C16H13F6N5. The zero-order valence-corrected chi connectivity index (χ0v) is 13.8. The van der Waals surface area contributed by atoms with Gasteiger partial charge in [0.2, 0.25) is 0 Å². The molecule has 1 unspecified atom stereocenters. The number of anilines is 1. The fourth-order valence-corrected chi connectivity index (χ4v) is 2.57. The van der Waals surface area contributed by atoms with Crippen LogP contribution >= 0.6 is 0 Å². The monoisotopic (exact) mass is 389 g/mol. The van der Waals surface area contributed by atoms with E-state index in [1.807, 2.05) is 0 Å². The smallest absolute Gasteiger partial charge is 0.362 e. The van der Waals surface area contributed by atoms with E-state index in [0.717, 1.165) is 12.1 Å². The highest BCUT2D eigenvalue weighted by Gasteiger charge is 2.37. The second kappa shape index (κ2) is 6.71. The lowest BCUT2D eigenvalue weighted by Crippen LogP contribution is -2.16. The Balaban J connectivity index is 1.93. The predicted octanol–water partition coefficient (Wildman–Crippen LogP) is 4.73. The number of aromatic nitrogens is 4. The van der Waals surface area contributed by atoms with Gasteiger partial charge >= 0.3 is 12.4 Å². The Bertz CT molecular complexity index is 946. The van der Waals surface area contributed by atoms with E-state index in [1.165, 1.54) is 24.3 Å². The van der Waals surface area contributed by atoms with E-state index in [1.54, 1.807) is 6.92 Å². The average molecular weight is 389 g/mol. The van der Waals surface area contributed by atoms with Crippen LogP contribution in [0.2, 0.25) is 0 Å². The Morgan fingerprint density at radius 2 is 1.74 bits per heavy atom. The molecule has 2 aromatic heterocycles. The Kier molecular flexibility index (Phi) is 4.70. The van der Waals surface area contributed by atoms with Crippen molar-refractivity contribution in [1.29, 1.82) is 0 Å². The molecule has 0 aliphatic heterocycles. The summed E-state index contributed by atoms with van der Waals surface area (Å²) in [6.45, 7) is 1.73. The van der Waals surface area contributed by atoms with Crippen molar-refractivity contribution in [3.8, 4) is 0 Å². The molecule has 144 valence electrons. The summed E-state index contributed by atoms with van der Waals surface area (Å²) in [6, 6.07) is 6.84. The van der Waals surface area contributed by atoms with E-state index in [4.69, 9.17) is 0 Å². The molecule has 1 atom stereocenters. The van der Waals surface area contributed by atoms with Crippen LogP contribution in [0.15, 0.2) is 36.4 Å². The van der Waals surface area contributed by atoms with E-state index in [0.29, 0.717) is 16.5 Å². The fraction of sp³-hybridized carbons (Fsp3) is 0.312. The lowest BCUT2D eigenvalue weighted by Gasteiger charge is -2.19. The van der Waals surface area contributed by atoms with Crippen molar-refractivity contribution in [3.05, 3.63) is 53.3 Å². The molecule has 5 nitrogen and oxygen atoms in total. The number of nitrogens with one attached hydrogen (secondary N) is 1. The molecule has 0 aliphatic carbocycles. The molecule has 0 amide bonds. The van der Waals surface area contributed by atoms with Gasteiger partial charge in [-0.2, -0.15) is 30.9 Å². The molecule has 0 spiro atoms. The molecule has 27 heavy (non-hydrogen) atoms. The summed E-state index contributed by atoms with van der Waals surface area (Å²) in [7, 11) is 0. The second-order valence-corrected chi connectivity index (χ2v) is 5.74. The molecule has 1 aromatic carbocycles. The van der Waals surface area contributed by atoms with Gasteiger partial charge in [0.25, 0.3) is 5.82 Å².